The lowest BCUT2D eigenvalue weighted by molar-refractivity contribution is 0.0596. The minimum Gasteiger partial charge on any atom is -0.393 e. The molecule has 150 valence electrons. The fraction of sp³-hybridized carbons (Fsp3) is 0.833. The van der Waals surface area contributed by atoms with Crippen molar-refractivity contribution in [1.82, 2.24) is 0 Å². The van der Waals surface area contributed by atoms with E-state index in [0.717, 1.165) is 37.0 Å². The monoisotopic (exact) mass is 362 g/mol. The second-order valence-corrected chi connectivity index (χ2v) is 10.0. The zero-order valence-electron chi connectivity index (χ0n) is 17.8. The lowest BCUT2D eigenvalue weighted by atomic mass is 9.60. The molecule has 26 heavy (non-hydrogen) atoms. The molecule has 2 unspecified atom stereocenters. The fourth-order valence-electron chi connectivity index (χ4n) is 5.74. The molecule has 2 saturated carbocycles. The van der Waals surface area contributed by atoms with Gasteiger partial charge in [0.25, 0.3) is 0 Å². The van der Waals surface area contributed by atoms with Crippen molar-refractivity contribution in [2.45, 2.75) is 104 Å². The molecule has 0 heterocycles. The van der Waals surface area contributed by atoms with Crippen LogP contribution in [0.15, 0.2) is 23.8 Å². The second kappa shape index (κ2) is 9.06. The molecule has 2 nitrogen and oxygen atoms in total. The molecule has 2 heteroatoms. The zero-order chi connectivity index (χ0) is 19.4. The van der Waals surface area contributed by atoms with Gasteiger partial charge < -0.3 is 10.2 Å². The Morgan fingerprint density at radius 1 is 1.27 bits per heavy atom. The van der Waals surface area contributed by atoms with Crippen molar-refractivity contribution in [2.75, 3.05) is 0 Å². The summed E-state index contributed by atoms with van der Waals surface area (Å²) in [6.45, 7) is 10.7. The van der Waals surface area contributed by atoms with Crippen LogP contribution in [0.3, 0.4) is 0 Å². The van der Waals surface area contributed by atoms with Gasteiger partial charge in [-0.05, 0) is 88.9 Å². The van der Waals surface area contributed by atoms with E-state index in [9.17, 15) is 10.2 Å². The zero-order valence-corrected chi connectivity index (χ0v) is 17.8. The highest BCUT2D eigenvalue weighted by Crippen LogP contribution is 2.59. The van der Waals surface area contributed by atoms with E-state index in [1.165, 1.54) is 38.5 Å². The summed E-state index contributed by atoms with van der Waals surface area (Å²) in [5, 5.41) is 19.4. The highest BCUT2D eigenvalue weighted by atomic mass is 16.3. The van der Waals surface area contributed by atoms with Crippen LogP contribution in [-0.4, -0.2) is 21.9 Å². The van der Waals surface area contributed by atoms with Crippen molar-refractivity contribution in [2.24, 2.45) is 23.2 Å². The molecule has 0 bridgehead atoms. The summed E-state index contributed by atoms with van der Waals surface area (Å²) in [6, 6.07) is 0. The molecule has 2 rings (SSSR count). The van der Waals surface area contributed by atoms with E-state index in [4.69, 9.17) is 0 Å². The van der Waals surface area contributed by atoms with Crippen LogP contribution in [0, 0.1) is 23.2 Å². The van der Waals surface area contributed by atoms with Crippen LogP contribution in [0.4, 0.5) is 0 Å². The number of hydrogen-bond acceptors (Lipinski definition) is 2. The Labute approximate surface area is 161 Å². The third-order valence-corrected chi connectivity index (χ3v) is 7.10. The molecular formula is C24H42O2. The Bertz CT molecular complexity index is 497. The average Bonchev–Trinajstić information content (AvgIpc) is 2.87. The number of allylic oxidation sites excluding steroid dienone is 3. The molecule has 2 fully saturated rings. The molecule has 2 aliphatic carbocycles. The average molecular weight is 363 g/mol. The standard InChI is InChI=1S/C24H42O2/c1-18(10-8-16-23(3,4)26)21-14-15-22-20(12-7-6-11-19(2)25)13-9-17-24(21,22)5/h6-7,12,18-19,21-22,25-26H,8-11,13-17H2,1-5H3/b7-6-,20-12+/t18-,19+,21?,22?,24-/m1/s1. The lowest BCUT2D eigenvalue weighted by Gasteiger charge is -2.44. The highest BCUT2D eigenvalue weighted by molar-refractivity contribution is 5.23. The quantitative estimate of drug-likeness (QED) is 0.553. The third kappa shape index (κ3) is 5.70. The van der Waals surface area contributed by atoms with Crippen LogP contribution >= 0.6 is 0 Å². The summed E-state index contributed by atoms with van der Waals surface area (Å²) in [7, 11) is 0. The lowest BCUT2D eigenvalue weighted by Crippen LogP contribution is -2.36. The Morgan fingerprint density at radius 2 is 2.00 bits per heavy atom. The van der Waals surface area contributed by atoms with Gasteiger partial charge in [0.15, 0.2) is 0 Å². The fourth-order valence-corrected chi connectivity index (χ4v) is 5.74. The first kappa shape index (κ1) is 21.7. The predicted octanol–water partition coefficient (Wildman–Crippen LogP) is 6.03. The largest absolute Gasteiger partial charge is 0.393 e. The van der Waals surface area contributed by atoms with Gasteiger partial charge in [0.05, 0.1) is 11.7 Å². The van der Waals surface area contributed by atoms with E-state index in [-0.39, 0.29) is 6.10 Å². The number of aliphatic hydroxyl groups excluding tert-OH is 1. The summed E-state index contributed by atoms with van der Waals surface area (Å²) in [5.74, 6) is 2.31. The Balaban J connectivity index is 1.99. The molecule has 0 radical (unpaired) electrons. The molecule has 0 aromatic rings. The van der Waals surface area contributed by atoms with Crippen molar-refractivity contribution in [3.63, 3.8) is 0 Å². The van der Waals surface area contributed by atoms with E-state index >= 15 is 0 Å². The molecule has 2 aliphatic rings. The van der Waals surface area contributed by atoms with Crippen LogP contribution in [0.1, 0.15) is 92.4 Å². The minimum absolute atomic E-state index is 0.248. The normalized spacial score (nSPS) is 33.6. The third-order valence-electron chi connectivity index (χ3n) is 7.10. The highest BCUT2D eigenvalue weighted by Gasteiger charge is 2.50. The van der Waals surface area contributed by atoms with Crippen LogP contribution in [-0.2, 0) is 0 Å². The van der Waals surface area contributed by atoms with Crippen LogP contribution in [0.25, 0.3) is 0 Å². The van der Waals surface area contributed by atoms with Gasteiger partial charge in [0.1, 0.15) is 0 Å². The molecule has 0 aromatic carbocycles. The maximum Gasteiger partial charge on any atom is 0.0591 e. The predicted molar refractivity (Wildman–Crippen MR) is 111 cm³/mol. The summed E-state index contributed by atoms with van der Waals surface area (Å²) < 4.78 is 0. The van der Waals surface area contributed by atoms with Crippen LogP contribution in [0.2, 0.25) is 0 Å². The van der Waals surface area contributed by atoms with Crippen molar-refractivity contribution in [3.8, 4) is 0 Å². The van der Waals surface area contributed by atoms with Crippen LogP contribution in [0.5, 0.6) is 0 Å². The molecular weight excluding hydrogens is 320 g/mol. The first-order chi connectivity index (χ1) is 12.1. The van der Waals surface area contributed by atoms with Gasteiger partial charge in [0, 0.05) is 0 Å². The Hall–Kier alpha value is -0.600. The van der Waals surface area contributed by atoms with Crippen molar-refractivity contribution in [3.05, 3.63) is 23.8 Å². The van der Waals surface area contributed by atoms with Gasteiger partial charge in [-0.2, -0.15) is 0 Å². The van der Waals surface area contributed by atoms with Crippen LogP contribution < -0.4 is 0 Å². The van der Waals surface area contributed by atoms with Gasteiger partial charge in [-0.3, -0.25) is 0 Å². The van der Waals surface area contributed by atoms with Crippen molar-refractivity contribution in [1.29, 1.82) is 0 Å². The van der Waals surface area contributed by atoms with Crippen molar-refractivity contribution >= 4 is 0 Å². The number of hydrogen-bond donors (Lipinski definition) is 2. The molecule has 0 aliphatic heterocycles. The molecule has 5 atom stereocenters. The molecule has 0 spiro atoms. The van der Waals surface area contributed by atoms with Gasteiger partial charge in [-0.25, -0.2) is 0 Å². The number of fused-ring (bicyclic) bond motifs is 1. The SMILES string of the molecule is C[C@H](O)C/C=C\C=C1/CCC[C@@]2(C)C1CCC2[C@H](C)CCCC(C)(C)O. The maximum absolute atomic E-state index is 9.98. The first-order valence-corrected chi connectivity index (χ1v) is 10.9. The Kier molecular flexibility index (Phi) is 7.56. The maximum atomic E-state index is 9.98. The van der Waals surface area contributed by atoms with E-state index in [0.29, 0.717) is 5.41 Å². The first-order valence-electron chi connectivity index (χ1n) is 10.9. The number of rotatable bonds is 8. The van der Waals surface area contributed by atoms with E-state index in [2.05, 4.69) is 32.1 Å². The molecule has 2 N–H and O–H groups in total. The molecule has 0 amide bonds. The van der Waals surface area contributed by atoms with Gasteiger partial charge >= 0.3 is 0 Å². The van der Waals surface area contributed by atoms with Gasteiger partial charge in [-0.1, -0.05) is 50.5 Å². The summed E-state index contributed by atoms with van der Waals surface area (Å²) in [5.41, 5.74) is 1.57. The number of aliphatic hydroxyl groups is 2. The smallest absolute Gasteiger partial charge is 0.0591 e. The minimum atomic E-state index is -0.527. The molecule has 0 aromatic heterocycles. The van der Waals surface area contributed by atoms with E-state index < -0.39 is 5.60 Å². The van der Waals surface area contributed by atoms with E-state index in [1.807, 2.05) is 20.8 Å². The summed E-state index contributed by atoms with van der Waals surface area (Å²) in [6.07, 6.45) is 17.0. The summed E-state index contributed by atoms with van der Waals surface area (Å²) >= 11 is 0. The van der Waals surface area contributed by atoms with Gasteiger partial charge in [-0.15, -0.1) is 0 Å². The summed E-state index contributed by atoms with van der Waals surface area (Å²) in [4.78, 5) is 0. The Morgan fingerprint density at radius 3 is 2.65 bits per heavy atom. The topological polar surface area (TPSA) is 40.5 Å². The van der Waals surface area contributed by atoms with Gasteiger partial charge in [0.2, 0.25) is 0 Å². The second-order valence-electron chi connectivity index (χ2n) is 10.0. The van der Waals surface area contributed by atoms with E-state index in [1.54, 1.807) is 5.57 Å². The van der Waals surface area contributed by atoms with Crippen molar-refractivity contribution < 1.29 is 10.2 Å². The molecule has 0 saturated heterocycles.